The summed E-state index contributed by atoms with van der Waals surface area (Å²) >= 11 is 0. The average molecular weight is 363 g/mol. The number of hydrogen-bond acceptors (Lipinski definition) is 1. The lowest BCUT2D eigenvalue weighted by Crippen LogP contribution is -2.13. The zero-order chi connectivity index (χ0) is 18.9. The first-order chi connectivity index (χ1) is 13.3. The van der Waals surface area contributed by atoms with Crippen LogP contribution in [-0.4, -0.2) is 6.61 Å². The third kappa shape index (κ3) is 5.73. The zero-order valence-corrected chi connectivity index (χ0v) is 16.9. The smallest absolute Gasteiger partial charge is 0.119 e. The molecule has 2 aromatic carbocycles. The minimum Gasteiger partial charge on any atom is -0.494 e. The molecular weight excluding hydrogens is 328 g/mol. The minimum absolute atomic E-state index is 0.654. The Labute approximate surface area is 165 Å². The molecule has 0 bridgehead atoms. The second-order valence-electron chi connectivity index (χ2n) is 7.85. The van der Waals surface area contributed by atoms with Crippen molar-refractivity contribution in [3.63, 3.8) is 0 Å². The van der Waals surface area contributed by atoms with Gasteiger partial charge in [-0.25, -0.2) is 0 Å². The van der Waals surface area contributed by atoms with E-state index in [0.717, 1.165) is 38.0 Å². The second-order valence-corrected chi connectivity index (χ2v) is 7.85. The Bertz CT molecular complexity index is 713. The molecule has 3 rings (SSSR count). The molecule has 1 aliphatic carbocycles. The third-order valence-corrected chi connectivity index (χ3v) is 5.75. The highest BCUT2D eigenvalue weighted by Gasteiger charge is 2.20. The van der Waals surface area contributed by atoms with E-state index in [1.165, 1.54) is 54.4 Å². The fraction of sp³-hybridized carbons (Fsp3) is 0.462. The summed E-state index contributed by atoms with van der Waals surface area (Å²) < 4.78 is 5.89. The maximum Gasteiger partial charge on any atom is 0.119 e. The van der Waals surface area contributed by atoms with Crippen LogP contribution in [0.5, 0.6) is 5.75 Å². The molecule has 0 aliphatic heterocycles. The molecule has 0 saturated carbocycles. The number of hydrogen-bond donors (Lipinski definition) is 0. The van der Waals surface area contributed by atoms with E-state index in [1.807, 2.05) is 6.08 Å². The van der Waals surface area contributed by atoms with Crippen molar-refractivity contribution in [3.8, 4) is 5.75 Å². The van der Waals surface area contributed by atoms with Gasteiger partial charge in [-0.3, -0.25) is 0 Å². The van der Waals surface area contributed by atoms with E-state index < -0.39 is 0 Å². The highest BCUT2D eigenvalue weighted by atomic mass is 16.5. The number of aryl methyl sites for hydroxylation is 2. The normalized spacial score (nSPS) is 16.0. The molecule has 0 fully saturated rings. The van der Waals surface area contributed by atoms with Crippen LogP contribution >= 0.6 is 0 Å². The molecule has 0 amide bonds. The fourth-order valence-corrected chi connectivity index (χ4v) is 4.06. The molecule has 0 N–H and O–H groups in total. The Balaban J connectivity index is 1.57. The molecule has 0 radical (unpaired) electrons. The van der Waals surface area contributed by atoms with Crippen LogP contribution in [-0.2, 0) is 19.3 Å². The van der Waals surface area contributed by atoms with E-state index in [9.17, 15) is 0 Å². The fourth-order valence-electron chi connectivity index (χ4n) is 4.06. The van der Waals surface area contributed by atoms with Crippen molar-refractivity contribution in [2.75, 3.05) is 6.61 Å². The van der Waals surface area contributed by atoms with Crippen molar-refractivity contribution >= 4 is 0 Å². The predicted octanol–water partition coefficient (Wildman–Crippen LogP) is 7.04. The lowest BCUT2D eigenvalue weighted by molar-refractivity contribution is 0.311. The van der Waals surface area contributed by atoms with E-state index in [1.54, 1.807) is 0 Å². The molecule has 1 nitrogen and oxygen atoms in total. The quantitative estimate of drug-likeness (QED) is 0.325. The Hall–Kier alpha value is -2.02. The van der Waals surface area contributed by atoms with Gasteiger partial charge in [-0.1, -0.05) is 56.2 Å². The second kappa shape index (κ2) is 10.3. The van der Waals surface area contributed by atoms with Gasteiger partial charge < -0.3 is 4.74 Å². The number of rotatable bonds is 10. The van der Waals surface area contributed by atoms with E-state index >= 15 is 0 Å². The van der Waals surface area contributed by atoms with Gasteiger partial charge in [0.15, 0.2) is 0 Å². The highest BCUT2D eigenvalue weighted by molar-refractivity contribution is 5.40. The minimum atomic E-state index is 0.654. The van der Waals surface area contributed by atoms with Gasteiger partial charge in [0, 0.05) is 0 Å². The summed E-state index contributed by atoms with van der Waals surface area (Å²) in [5, 5.41) is 0. The highest BCUT2D eigenvalue weighted by Crippen LogP contribution is 2.34. The lowest BCUT2D eigenvalue weighted by atomic mass is 9.80. The summed E-state index contributed by atoms with van der Waals surface area (Å²) in [6.07, 6.45) is 12.7. The van der Waals surface area contributed by atoms with Crippen LogP contribution in [0.1, 0.15) is 73.6 Å². The molecule has 0 heterocycles. The van der Waals surface area contributed by atoms with E-state index in [-0.39, 0.29) is 0 Å². The lowest BCUT2D eigenvalue weighted by Gasteiger charge is -2.25. The Morgan fingerprint density at radius 3 is 2.67 bits per heavy atom. The van der Waals surface area contributed by atoms with Crippen LogP contribution in [0, 0.1) is 0 Å². The number of unbranched alkanes of at least 4 members (excludes halogenated alkanes) is 3. The van der Waals surface area contributed by atoms with Crippen molar-refractivity contribution in [1.82, 2.24) is 0 Å². The van der Waals surface area contributed by atoms with Gasteiger partial charge in [0.05, 0.1) is 6.61 Å². The summed E-state index contributed by atoms with van der Waals surface area (Å²) in [6.45, 7) is 6.80. The summed E-state index contributed by atoms with van der Waals surface area (Å²) in [4.78, 5) is 0. The summed E-state index contributed by atoms with van der Waals surface area (Å²) in [7, 11) is 0. The number of benzene rings is 2. The van der Waals surface area contributed by atoms with Crippen molar-refractivity contribution in [2.45, 2.75) is 70.6 Å². The molecule has 0 saturated heterocycles. The number of ether oxygens (including phenoxy) is 1. The summed E-state index contributed by atoms with van der Waals surface area (Å²) in [6, 6.07) is 16.1. The average Bonchev–Trinajstić information content (AvgIpc) is 2.71. The van der Waals surface area contributed by atoms with Crippen LogP contribution in [0.4, 0.5) is 0 Å². The molecule has 1 heteroatoms. The summed E-state index contributed by atoms with van der Waals surface area (Å²) in [5.41, 5.74) is 5.96. The van der Waals surface area contributed by atoms with Gasteiger partial charge >= 0.3 is 0 Å². The molecule has 144 valence electrons. The Morgan fingerprint density at radius 1 is 1.04 bits per heavy atom. The third-order valence-electron chi connectivity index (χ3n) is 5.75. The predicted molar refractivity (Wildman–Crippen MR) is 116 cm³/mol. The van der Waals surface area contributed by atoms with Crippen LogP contribution in [0.25, 0.3) is 0 Å². The van der Waals surface area contributed by atoms with Crippen LogP contribution in [0.2, 0.25) is 0 Å². The molecule has 0 aromatic heterocycles. The van der Waals surface area contributed by atoms with Crippen molar-refractivity contribution in [3.05, 3.63) is 77.4 Å². The van der Waals surface area contributed by atoms with Gasteiger partial charge in [-0.05, 0) is 85.3 Å². The molecule has 0 spiro atoms. The number of allylic oxidation sites excluding steroid dienone is 1. The molecule has 1 unspecified atom stereocenters. The molecule has 2 aromatic rings. The SMILES string of the molecule is C=CCCCOc1ccc2c(c1)CCC(c1ccc(CCCCC)cc1)C2. The van der Waals surface area contributed by atoms with Crippen LogP contribution in [0.15, 0.2) is 55.1 Å². The monoisotopic (exact) mass is 362 g/mol. The van der Waals surface area contributed by atoms with E-state index in [4.69, 9.17) is 4.74 Å². The molecule has 27 heavy (non-hydrogen) atoms. The standard InChI is InChI=1S/C26H34O/c1-3-5-7-9-21-10-12-22(13-11-21)23-14-15-25-20-26(17-16-24(25)19-23)27-18-8-6-4-2/h4,10-13,16-17,20,23H,2-3,5-9,14-15,18-19H2,1H3. The van der Waals surface area contributed by atoms with Gasteiger partial charge in [0.2, 0.25) is 0 Å². The van der Waals surface area contributed by atoms with Gasteiger partial charge in [0.1, 0.15) is 5.75 Å². The van der Waals surface area contributed by atoms with Crippen LogP contribution in [0.3, 0.4) is 0 Å². The summed E-state index contributed by atoms with van der Waals surface area (Å²) in [5.74, 6) is 1.68. The van der Waals surface area contributed by atoms with Gasteiger partial charge in [-0.15, -0.1) is 6.58 Å². The maximum atomic E-state index is 5.89. The van der Waals surface area contributed by atoms with E-state index in [2.05, 4.69) is 56.0 Å². The first kappa shape index (κ1) is 19.7. The van der Waals surface area contributed by atoms with Gasteiger partial charge in [-0.2, -0.15) is 0 Å². The van der Waals surface area contributed by atoms with E-state index in [0.29, 0.717) is 5.92 Å². The molecular formula is C26H34O. The molecule has 1 aliphatic rings. The number of fused-ring (bicyclic) bond motifs is 1. The Kier molecular flexibility index (Phi) is 7.56. The van der Waals surface area contributed by atoms with Crippen molar-refractivity contribution in [2.24, 2.45) is 0 Å². The first-order valence-corrected chi connectivity index (χ1v) is 10.7. The van der Waals surface area contributed by atoms with Crippen LogP contribution < -0.4 is 4.74 Å². The van der Waals surface area contributed by atoms with Gasteiger partial charge in [0.25, 0.3) is 0 Å². The molecule has 1 atom stereocenters. The Morgan fingerprint density at radius 2 is 1.89 bits per heavy atom. The topological polar surface area (TPSA) is 9.23 Å². The first-order valence-electron chi connectivity index (χ1n) is 10.7. The zero-order valence-electron chi connectivity index (χ0n) is 16.9. The van der Waals surface area contributed by atoms with Crippen molar-refractivity contribution in [1.29, 1.82) is 0 Å². The maximum absolute atomic E-state index is 5.89. The largest absolute Gasteiger partial charge is 0.494 e. The van der Waals surface area contributed by atoms with Crippen molar-refractivity contribution < 1.29 is 4.74 Å².